The molecule has 0 spiro atoms. The third-order valence-corrected chi connectivity index (χ3v) is 4.00. The van der Waals surface area contributed by atoms with Crippen LogP contribution in [0.25, 0.3) is 0 Å². The monoisotopic (exact) mass is 248 g/mol. The molecular formula is C13H16N2O3. The second-order valence-corrected chi connectivity index (χ2v) is 5.48. The van der Waals surface area contributed by atoms with Gasteiger partial charge in [0.05, 0.1) is 11.8 Å². The van der Waals surface area contributed by atoms with Gasteiger partial charge in [-0.15, -0.1) is 0 Å². The van der Waals surface area contributed by atoms with Gasteiger partial charge in [-0.2, -0.15) is 4.98 Å². The third-order valence-electron chi connectivity index (χ3n) is 4.00. The zero-order valence-corrected chi connectivity index (χ0v) is 10.4. The Balaban J connectivity index is 1.94. The maximum Gasteiger partial charge on any atom is 0.307 e. The molecule has 1 aromatic rings. The van der Waals surface area contributed by atoms with E-state index in [0.29, 0.717) is 11.7 Å². The molecule has 0 aliphatic heterocycles. The van der Waals surface area contributed by atoms with Crippen LogP contribution < -0.4 is 0 Å². The van der Waals surface area contributed by atoms with Gasteiger partial charge in [-0.05, 0) is 18.3 Å². The number of hydrogen-bond donors (Lipinski definition) is 1. The summed E-state index contributed by atoms with van der Waals surface area (Å²) >= 11 is 0. The minimum Gasteiger partial charge on any atom is -0.481 e. The molecule has 0 radical (unpaired) electrons. The van der Waals surface area contributed by atoms with Crippen molar-refractivity contribution >= 4 is 5.97 Å². The highest BCUT2D eigenvalue weighted by atomic mass is 16.5. The fourth-order valence-electron chi connectivity index (χ4n) is 3.11. The topological polar surface area (TPSA) is 76.2 Å². The molecule has 1 N–H and O–H groups in total. The van der Waals surface area contributed by atoms with Gasteiger partial charge in [0.2, 0.25) is 5.89 Å². The van der Waals surface area contributed by atoms with Crippen molar-refractivity contribution in [3.63, 3.8) is 0 Å². The number of carboxylic acid groups (broad SMARTS) is 1. The summed E-state index contributed by atoms with van der Waals surface area (Å²) in [7, 11) is 0. The minimum atomic E-state index is -0.763. The van der Waals surface area contributed by atoms with Crippen LogP contribution in [-0.2, 0) is 4.79 Å². The molecule has 18 heavy (non-hydrogen) atoms. The smallest absolute Gasteiger partial charge is 0.307 e. The van der Waals surface area contributed by atoms with Crippen LogP contribution in [0.1, 0.15) is 43.8 Å². The van der Waals surface area contributed by atoms with E-state index in [1.807, 2.05) is 19.9 Å². The summed E-state index contributed by atoms with van der Waals surface area (Å²) in [4.78, 5) is 15.8. The van der Waals surface area contributed by atoms with Crippen molar-refractivity contribution in [2.75, 3.05) is 0 Å². The van der Waals surface area contributed by atoms with Crippen molar-refractivity contribution in [3.05, 3.63) is 23.9 Å². The standard InChI is InChI=1S/C13H16N2O3/c1-6(2)11-14-12(18-15-11)9-7-3-4-8(5-7)10(9)13(16)17/h3-4,6-10H,5H2,1-2H3,(H,16,17). The summed E-state index contributed by atoms with van der Waals surface area (Å²) in [5.74, 6) is 0.353. The molecule has 2 aliphatic rings. The van der Waals surface area contributed by atoms with Crippen molar-refractivity contribution < 1.29 is 14.4 Å². The van der Waals surface area contributed by atoms with Crippen molar-refractivity contribution in [1.29, 1.82) is 0 Å². The first kappa shape index (κ1) is 11.4. The molecule has 0 amide bonds. The first-order chi connectivity index (χ1) is 8.58. The SMILES string of the molecule is CC(C)c1noc(C2C3C=CC(C3)C2C(=O)O)n1. The number of aromatic nitrogens is 2. The van der Waals surface area contributed by atoms with E-state index in [1.54, 1.807) is 0 Å². The molecule has 1 heterocycles. The van der Waals surface area contributed by atoms with E-state index in [4.69, 9.17) is 4.52 Å². The Kier molecular flexibility index (Phi) is 2.50. The summed E-state index contributed by atoms with van der Waals surface area (Å²) < 4.78 is 5.28. The lowest BCUT2D eigenvalue weighted by Gasteiger charge is -2.20. The Morgan fingerprint density at radius 1 is 1.44 bits per heavy atom. The van der Waals surface area contributed by atoms with E-state index >= 15 is 0 Å². The summed E-state index contributed by atoms with van der Waals surface area (Å²) in [6.07, 6.45) is 4.99. The first-order valence-corrected chi connectivity index (χ1v) is 6.32. The van der Waals surface area contributed by atoms with Gasteiger partial charge in [-0.1, -0.05) is 31.2 Å². The molecule has 1 saturated carbocycles. The highest BCUT2D eigenvalue weighted by Gasteiger charge is 2.51. The number of hydrogen-bond acceptors (Lipinski definition) is 4. The molecule has 4 atom stereocenters. The number of fused-ring (bicyclic) bond motifs is 2. The lowest BCUT2D eigenvalue weighted by Crippen LogP contribution is -2.26. The Hall–Kier alpha value is -1.65. The normalized spacial score (nSPS) is 33.5. The molecule has 5 heteroatoms. The molecule has 4 unspecified atom stereocenters. The number of carboxylic acids is 1. The van der Waals surface area contributed by atoms with Crippen LogP contribution in [0.15, 0.2) is 16.7 Å². The zero-order valence-electron chi connectivity index (χ0n) is 10.4. The quantitative estimate of drug-likeness (QED) is 0.830. The van der Waals surface area contributed by atoms with E-state index in [0.717, 1.165) is 6.42 Å². The number of nitrogens with zero attached hydrogens (tertiary/aromatic N) is 2. The average Bonchev–Trinajstić information content (AvgIpc) is 3.02. The lowest BCUT2D eigenvalue weighted by atomic mass is 9.83. The van der Waals surface area contributed by atoms with E-state index < -0.39 is 11.9 Å². The molecule has 96 valence electrons. The lowest BCUT2D eigenvalue weighted by molar-refractivity contribution is -0.143. The van der Waals surface area contributed by atoms with Crippen LogP contribution in [0.3, 0.4) is 0 Å². The van der Waals surface area contributed by atoms with Crippen LogP contribution >= 0.6 is 0 Å². The van der Waals surface area contributed by atoms with Crippen LogP contribution in [-0.4, -0.2) is 21.2 Å². The van der Waals surface area contributed by atoms with Crippen LogP contribution in [0.2, 0.25) is 0 Å². The van der Waals surface area contributed by atoms with Gasteiger partial charge in [0.25, 0.3) is 0 Å². The second kappa shape index (κ2) is 3.93. The molecular weight excluding hydrogens is 232 g/mol. The number of rotatable bonds is 3. The maximum absolute atomic E-state index is 11.4. The van der Waals surface area contributed by atoms with Gasteiger partial charge in [0, 0.05) is 5.92 Å². The fraction of sp³-hybridized carbons (Fsp3) is 0.615. The Bertz CT molecular complexity index is 506. The zero-order chi connectivity index (χ0) is 12.9. The predicted octanol–water partition coefficient (Wildman–Crippen LogP) is 2.18. The molecule has 1 aromatic heterocycles. The van der Waals surface area contributed by atoms with Crippen molar-refractivity contribution in [3.8, 4) is 0 Å². The van der Waals surface area contributed by atoms with Crippen molar-refractivity contribution in [1.82, 2.24) is 10.1 Å². The molecule has 0 aromatic carbocycles. The van der Waals surface area contributed by atoms with E-state index in [-0.39, 0.29) is 23.7 Å². The molecule has 1 fully saturated rings. The third kappa shape index (κ3) is 1.57. The molecule has 2 bridgehead atoms. The first-order valence-electron chi connectivity index (χ1n) is 6.32. The molecule has 2 aliphatic carbocycles. The van der Waals surface area contributed by atoms with Crippen LogP contribution in [0.5, 0.6) is 0 Å². The molecule has 5 nitrogen and oxygen atoms in total. The minimum absolute atomic E-state index is 0.117. The van der Waals surface area contributed by atoms with Crippen molar-refractivity contribution in [2.45, 2.75) is 32.1 Å². The largest absolute Gasteiger partial charge is 0.481 e. The van der Waals surface area contributed by atoms with Crippen molar-refractivity contribution in [2.24, 2.45) is 17.8 Å². The van der Waals surface area contributed by atoms with Crippen LogP contribution in [0, 0.1) is 17.8 Å². The van der Waals surface area contributed by atoms with Gasteiger partial charge in [0.15, 0.2) is 5.82 Å². The fourth-order valence-corrected chi connectivity index (χ4v) is 3.11. The molecule has 0 saturated heterocycles. The Labute approximate surface area is 105 Å². The van der Waals surface area contributed by atoms with Gasteiger partial charge in [-0.25, -0.2) is 0 Å². The van der Waals surface area contributed by atoms with Gasteiger partial charge < -0.3 is 9.63 Å². The summed E-state index contributed by atoms with van der Waals surface area (Å²) in [6.45, 7) is 3.98. The van der Waals surface area contributed by atoms with E-state index in [9.17, 15) is 9.90 Å². The number of carbonyl (C=O) groups is 1. The summed E-state index contributed by atoms with van der Waals surface area (Å²) in [5.41, 5.74) is 0. The summed E-state index contributed by atoms with van der Waals surface area (Å²) in [6, 6.07) is 0. The number of aliphatic carboxylic acids is 1. The Morgan fingerprint density at radius 3 is 2.78 bits per heavy atom. The van der Waals surface area contributed by atoms with E-state index in [2.05, 4.69) is 16.2 Å². The second-order valence-electron chi connectivity index (χ2n) is 5.48. The highest BCUT2D eigenvalue weighted by molar-refractivity contribution is 5.73. The van der Waals surface area contributed by atoms with Gasteiger partial charge in [0.1, 0.15) is 0 Å². The van der Waals surface area contributed by atoms with Crippen LogP contribution in [0.4, 0.5) is 0 Å². The van der Waals surface area contributed by atoms with Gasteiger partial charge >= 0.3 is 5.97 Å². The number of allylic oxidation sites excluding steroid dienone is 2. The maximum atomic E-state index is 11.4. The average molecular weight is 248 g/mol. The van der Waals surface area contributed by atoms with E-state index in [1.165, 1.54) is 0 Å². The Morgan fingerprint density at radius 2 is 2.17 bits per heavy atom. The van der Waals surface area contributed by atoms with Gasteiger partial charge in [-0.3, -0.25) is 4.79 Å². The highest BCUT2D eigenvalue weighted by Crippen LogP contribution is 2.52. The predicted molar refractivity (Wildman–Crippen MR) is 63.0 cm³/mol. The summed E-state index contributed by atoms with van der Waals surface area (Å²) in [5, 5.41) is 13.3. The molecule has 3 rings (SSSR count).